The Labute approximate surface area is 134 Å². The van der Waals surface area contributed by atoms with Gasteiger partial charge in [0.05, 0.1) is 11.5 Å². The molecule has 1 saturated heterocycles. The number of amides is 3. The highest BCUT2D eigenvalue weighted by molar-refractivity contribution is 8.16. The monoisotopic (exact) mass is 333 g/mol. The molecule has 1 heterocycles. The highest BCUT2D eigenvalue weighted by atomic mass is 32.2. The summed E-state index contributed by atoms with van der Waals surface area (Å²) in [6.07, 6.45) is 0. The summed E-state index contributed by atoms with van der Waals surface area (Å²) in [6, 6.07) is 0. The predicted molar refractivity (Wildman–Crippen MR) is 87.2 cm³/mol. The molecule has 0 spiro atoms. The van der Waals surface area contributed by atoms with Gasteiger partial charge in [0.1, 0.15) is 0 Å². The van der Waals surface area contributed by atoms with Crippen molar-refractivity contribution in [1.82, 2.24) is 15.5 Å². The van der Waals surface area contributed by atoms with Crippen molar-refractivity contribution in [3.63, 3.8) is 0 Å². The molecule has 21 heavy (non-hydrogen) atoms. The van der Waals surface area contributed by atoms with Gasteiger partial charge in [-0.15, -0.1) is 23.5 Å². The Morgan fingerprint density at radius 3 is 1.95 bits per heavy atom. The molecule has 6 nitrogen and oxygen atoms in total. The molecule has 0 atom stereocenters. The minimum Gasteiger partial charge on any atom is -0.354 e. The second kappa shape index (κ2) is 9.94. The smallest absolute Gasteiger partial charge is 0.230 e. The first-order valence-electron chi connectivity index (χ1n) is 6.98. The van der Waals surface area contributed by atoms with Crippen LogP contribution in [0.2, 0.25) is 0 Å². The Hall–Kier alpha value is -0.890. The second-order valence-electron chi connectivity index (χ2n) is 4.99. The summed E-state index contributed by atoms with van der Waals surface area (Å²) in [6.45, 7) is 5.52. The van der Waals surface area contributed by atoms with Crippen molar-refractivity contribution in [3.05, 3.63) is 0 Å². The van der Waals surface area contributed by atoms with E-state index in [1.54, 1.807) is 4.90 Å². The van der Waals surface area contributed by atoms with Gasteiger partial charge in [-0.2, -0.15) is 0 Å². The van der Waals surface area contributed by atoms with Crippen LogP contribution < -0.4 is 10.6 Å². The first-order chi connectivity index (χ1) is 10.0. The standard InChI is InChI=1S/C13H23N3O3S2/c1-10(2)13(19)16-5-3-14-11(17)7-20-9-21-8-12(18)15-4-6-16/h10H,3-9H2,1-2H3,(H,14,17)(H,15,18). The lowest BCUT2D eigenvalue weighted by atomic mass is 10.2. The molecule has 0 aromatic carbocycles. The van der Waals surface area contributed by atoms with Crippen molar-refractivity contribution >= 4 is 41.2 Å². The van der Waals surface area contributed by atoms with Crippen LogP contribution in [-0.4, -0.2) is 65.4 Å². The Morgan fingerprint density at radius 2 is 1.52 bits per heavy atom. The molecule has 1 fully saturated rings. The average Bonchev–Trinajstić information content (AvgIpc) is 2.43. The van der Waals surface area contributed by atoms with E-state index in [9.17, 15) is 14.4 Å². The van der Waals surface area contributed by atoms with Crippen LogP contribution in [0.4, 0.5) is 0 Å². The quantitative estimate of drug-likeness (QED) is 0.714. The zero-order chi connectivity index (χ0) is 15.7. The number of carbonyl (C=O) groups is 3. The molecular weight excluding hydrogens is 310 g/mol. The van der Waals surface area contributed by atoms with Crippen LogP contribution in [0, 0.1) is 5.92 Å². The fourth-order valence-corrected chi connectivity index (χ4v) is 3.50. The molecule has 0 radical (unpaired) electrons. The van der Waals surface area contributed by atoms with Crippen molar-refractivity contribution in [2.24, 2.45) is 5.92 Å². The normalized spacial score (nSPS) is 19.7. The molecule has 0 aromatic rings. The third kappa shape index (κ3) is 7.61. The fraction of sp³-hybridized carbons (Fsp3) is 0.769. The third-order valence-corrected chi connectivity index (χ3v) is 5.11. The largest absolute Gasteiger partial charge is 0.354 e. The van der Waals surface area contributed by atoms with Crippen LogP contribution in [0.15, 0.2) is 0 Å². The molecule has 0 aliphatic carbocycles. The van der Waals surface area contributed by atoms with E-state index in [1.807, 2.05) is 13.8 Å². The lowest BCUT2D eigenvalue weighted by molar-refractivity contribution is -0.135. The Kier molecular flexibility index (Phi) is 8.60. The lowest BCUT2D eigenvalue weighted by Crippen LogP contribution is -2.44. The molecule has 0 unspecified atom stereocenters. The van der Waals surface area contributed by atoms with Crippen molar-refractivity contribution in [1.29, 1.82) is 0 Å². The third-order valence-electron chi connectivity index (χ3n) is 2.85. The van der Waals surface area contributed by atoms with E-state index in [1.165, 1.54) is 23.5 Å². The molecule has 3 amide bonds. The zero-order valence-electron chi connectivity index (χ0n) is 12.5. The topological polar surface area (TPSA) is 78.5 Å². The minimum absolute atomic E-state index is 0.0287. The van der Waals surface area contributed by atoms with Gasteiger partial charge in [-0.05, 0) is 0 Å². The molecule has 8 heteroatoms. The van der Waals surface area contributed by atoms with Crippen molar-refractivity contribution < 1.29 is 14.4 Å². The van der Waals surface area contributed by atoms with Crippen LogP contribution in [-0.2, 0) is 14.4 Å². The number of carbonyl (C=O) groups excluding carboxylic acids is 3. The van der Waals surface area contributed by atoms with E-state index in [-0.39, 0.29) is 23.6 Å². The molecule has 120 valence electrons. The lowest BCUT2D eigenvalue weighted by Gasteiger charge is -2.25. The number of nitrogens with zero attached hydrogens (tertiary/aromatic N) is 1. The number of nitrogens with one attached hydrogen (secondary N) is 2. The van der Waals surface area contributed by atoms with Gasteiger partial charge in [-0.25, -0.2) is 0 Å². The van der Waals surface area contributed by atoms with Crippen molar-refractivity contribution in [3.8, 4) is 0 Å². The molecular formula is C13H23N3O3S2. The van der Waals surface area contributed by atoms with Crippen molar-refractivity contribution in [2.45, 2.75) is 13.8 Å². The SMILES string of the molecule is CC(C)C(=O)N1CCNC(=O)CSCSCC(=O)NCC1. The van der Waals surface area contributed by atoms with Crippen LogP contribution in [0.1, 0.15) is 13.8 Å². The van der Waals surface area contributed by atoms with Gasteiger partial charge >= 0.3 is 0 Å². The molecule has 1 rings (SSSR count). The predicted octanol–water partition coefficient (Wildman–Crippen LogP) is 0.141. The van der Waals surface area contributed by atoms with Crippen LogP contribution in [0.3, 0.4) is 0 Å². The van der Waals surface area contributed by atoms with Crippen LogP contribution >= 0.6 is 23.5 Å². The summed E-state index contributed by atoms with van der Waals surface area (Å²) in [5.41, 5.74) is 0. The van der Waals surface area contributed by atoms with Gasteiger partial charge in [0.15, 0.2) is 0 Å². The molecule has 1 aliphatic rings. The first kappa shape index (κ1) is 18.2. The van der Waals surface area contributed by atoms with Crippen LogP contribution in [0.5, 0.6) is 0 Å². The molecule has 0 bridgehead atoms. The summed E-state index contributed by atoms with van der Waals surface area (Å²) in [4.78, 5) is 37.0. The van der Waals surface area contributed by atoms with E-state index in [2.05, 4.69) is 10.6 Å². The molecule has 2 N–H and O–H groups in total. The van der Waals surface area contributed by atoms with Crippen LogP contribution in [0.25, 0.3) is 0 Å². The maximum atomic E-state index is 12.1. The summed E-state index contributed by atoms with van der Waals surface area (Å²) >= 11 is 2.98. The number of thioether (sulfide) groups is 2. The maximum absolute atomic E-state index is 12.1. The molecule has 0 aromatic heterocycles. The number of hydrogen-bond donors (Lipinski definition) is 2. The first-order valence-corrected chi connectivity index (χ1v) is 9.29. The van der Waals surface area contributed by atoms with Crippen molar-refractivity contribution in [2.75, 3.05) is 42.8 Å². The van der Waals surface area contributed by atoms with Gasteiger partial charge in [-0.1, -0.05) is 13.8 Å². The fourth-order valence-electron chi connectivity index (χ4n) is 1.79. The van der Waals surface area contributed by atoms with E-state index < -0.39 is 0 Å². The Morgan fingerprint density at radius 1 is 1.05 bits per heavy atom. The van der Waals surface area contributed by atoms with Gasteiger partial charge in [0.2, 0.25) is 17.7 Å². The second-order valence-corrected chi connectivity index (χ2v) is 7.33. The molecule has 1 aliphatic heterocycles. The maximum Gasteiger partial charge on any atom is 0.230 e. The number of rotatable bonds is 1. The summed E-state index contributed by atoms with van der Waals surface area (Å²) in [5, 5.41) is 6.36. The van der Waals surface area contributed by atoms with Gasteiger partial charge in [-0.3, -0.25) is 14.4 Å². The number of hydrogen-bond acceptors (Lipinski definition) is 5. The van der Waals surface area contributed by atoms with Gasteiger partial charge in [0.25, 0.3) is 0 Å². The summed E-state index contributed by atoms with van der Waals surface area (Å²) in [7, 11) is 0. The van der Waals surface area contributed by atoms with E-state index >= 15 is 0 Å². The zero-order valence-corrected chi connectivity index (χ0v) is 14.1. The average molecular weight is 333 g/mol. The van der Waals surface area contributed by atoms with E-state index in [0.29, 0.717) is 37.7 Å². The Balaban J connectivity index is 2.57. The van der Waals surface area contributed by atoms with E-state index in [4.69, 9.17) is 0 Å². The highest BCUT2D eigenvalue weighted by Crippen LogP contribution is 2.11. The molecule has 0 saturated carbocycles. The van der Waals surface area contributed by atoms with Gasteiger partial charge in [0, 0.05) is 37.2 Å². The minimum atomic E-state index is -0.0959. The Bertz CT molecular complexity index is 354. The van der Waals surface area contributed by atoms with Gasteiger partial charge < -0.3 is 15.5 Å². The highest BCUT2D eigenvalue weighted by Gasteiger charge is 2.17. The van der Waals surface area contributed by atoms with E-state index in [0.717, 1.165) is 5.08 Å². The summed E-state index contributed by atoms with van der Waals surface area (Å²) < 4.78 is 0. The summed E-state index contributed by atoms with van der Waals surface area (Å²) in [5.74, 6) is 0.647.